The van der Waals surface area contributed by atoms with E-state index in [4.69, 9.17) is 5.11 Å². The highest BCUT2D eigenvalue weighted by Crippen LogP contribution is 2.19. The molecule has 2 rings (SSSR count). The Kier molecular flexibility index (Phi) is 4.05. The molecule has 1 aromatic carbocycles. The Bertz CT molecular complexity index is 772. The molecule has 0 atom stereocenters. The number of aromatic carboxylic acids is 1. The van der Waals surface area contributed by atoms with E-state index < -0.39 is 27.4 Å². The van der Waals surface area contributed by atoms with E-state index in [1.165, 1.54) is 19.3 Å². The number of aryl methyl sites for hydroxylation is 1. The van der Waals surface area contributed by atoms with Crippen LogP contribution >= 0.6 is 0 Å². The van der Waals surface area contributed by atoms with Gasteiger partial charge in [-0.3, -0.25) is 5.10 Å². The summed E-state index contributed by atoms with van der Waals surface area (Å²) in [6.45, 7) is 1.29. The Hall–Kier alpha value is -2.26. The molecule has 0 aliphatic rings. The number of nitrogens with zero attached hydrogens (tertiary/aromatic N) is 1. The summed E-state index contributed by atoms with van der Waals surface area (Å²) in [5.74, 6) is -2.47. The summed E-state index contributed by atoms with van der Waals surface area (Å²) in [5, 5.41) is 15.1. The normalized spacial score (nSPS) is 11.5. The third-order valence-corrected chi connectivity index (χ3v) is 4.17. The zero-order chi connectivity index (χ0) is 15.6. The van der Waals surface area contributed by atoms with Gasteiger partial charge in [0, 0.05) is 18.3 Å². The number of benzene rings is 1. The summed E-state index contributed by atoms with van der Waals surface area (Å²) in [4.78, 5) is 10.6. The molecule has 0 aliphatic carbocycles. The SMILES string of the molecule is Cc1cc(S(=O)(=O)NCc2cn[nH]c2)cc(C(=O)O)c1F. The minimum absolute atomic E-state index is 0.0162. The van der Waals surface area contributed by atoms with Crippen molar-refractivity contribution >= 4 is 16.0 Å². The summed E-state index contributed by atoms with van der Waals surface area (Å²) < 4.78 is 40.1. The van der Waals surface area contributed by atoms with Crippen molar-refractivity contribution in [1.29, 1.82) is 0 Å². The predicted molar refractivity (Wildman–Crippen MR) is 70.7 cm³/mol. The molecule has 0 aliphatic heterocycles. The molecule has 0 spiro atoms. The minimum atomic E-state index is -3.95. The molecule has 2 aromatic rings. The van der Waals surface area contributed by atoms with Gasteiger partial charge in [-0.1, -0.05) is 0 Å². The van der Waals surface area contributed by atoms with Crippen molar-refractivity contribution in [3.05, 3.63) is 47.0 Å². The standard InChI is InChI=1S/C12H12FN3O4S/c1-7-2-9(3-10(11(7)13)12(17)18)21(19,20)16-6-8-4-14-15-5-8/h2-5,16H,6H2,1H3,(H,14,15)(H,17,18). The molecule has 9 heteroatoms. The van der Waals surface area contributed by atoms with Crippen LogP contribution in [0, 0.1) is 12.7 Å². The van der Waals surface area contributed by atoms with Crippen LogP contribution in [0.4, 0.5) is 4.39 Å². The van der Waals surface area contributed by atoms with Crippen LogP contribution in [0.15, 0.2) is 29.4 Å². The first-order valence-electron chi connectivity index (χ1n) is 5.82. The molecule has 0 amide bonds. The molecule has 3 N–H and O–H groups in total. The van der Waals surface area contributed by atoms with Gasteiger partial charge in [0.05, 0.1) is 16.7 Å². The number of carboxylic acids is 1. The number of rotatable bonds is 5. The number of sulfonamides is 1. The van der Waals surface area contributed by atoms with Crippen molar-refractivity contribution in [3.8, 4) is 0 Å². The molecule has 0 unspecified atom stereocenters. The maximum atomic E-state index is 13.6. The summed E-state index contributed by atoms with van der Waals surface area (Å²) in [7, 11) is -3.95. The molecule has 112 valence electrons. The largest absolute Gasteiger partial charge is 0.478 e. The fourth-order valence-electron chi connectivity index (χ4n) is 1.68. The van der Waals surface area contributed by atoms with E-state index in [1.807, 2.05) is 0 Å². The quantitative estimate of drug-likeness (QED) is 0.763. The van der Waals surface area contributed by atoms with Crippen molar-refractivity contribution in [1.82, 2.24) is 14.9 Å². The van der Waals surface area contributed by atoms with E-state index in [0.717, 1.165) is 12.1 Å². The monoisotopic (exact) mass is 313 g/mol. The Morgan fingerprint density at radius 3 is 2.76 bits per heavy atom. The molecule has 0 bridgehead atoms. The minimum Gasteiger partial charge on any atom is -0.478 e. The first-order chi connectivity index (χ1) is 9.81. The number of H-pyrrole nitrogens is 1. The zero-order valence-electron chi connectivity index (χ0n) is 10.9. The first-order valence-corrected chi connectivity index (χ1v) is 7.30. The van der Waals surface area contributed by atoms with Crippen molar-refractivity contribution in [2.75, 3.05) is 0 Å². The Morgan fingerprint density at radius 2 is 2.19 bits per heavy atom. The summed E-state index contributed by atoms with van der Waals surface area (Å²) in [5.41, 5.74) is -0.131. The number of aromatic nitrogens is 2. The summed E-state index contributed by atoms with van der Waals surface area (Å²) in [6.07, 6.45) is 2.96. The second kappa shape index (κ2) is 5.62. The maximum Gasteiger partial charge on any atom is 0.338 e. The van der Waals surface area contributed by atoms with Crippen LogP contribution in [0.25, 0.3) is 0 Å². The Labute approximate surface area is 119 Å². The molecule has 1 heterocycles. The van der Waals surface area contributed by atoms with Gasteiger partial charge < -0.3 is 5.11 Å². The lowest BCUT2D eigenvalue weighted by Gasteiger charge is -2.09. The molecule has 21 heavy (non-hydrogen) atoms. The number of hydrogen-bond acceptors (Lipinski definition) is 4. The van der Waals surface area contributed by atoms with Crippen molar-refractivity contribution in [2.24, 2.45) is 0 Å². The molecular weight excluding hydrogens is 301 g/mol. The molecular formula is C12H12FN3O4S. The van der Waals surface area contributed by atoms with Crippen LogP contribution in [-0.4, -0.2) is 29.7 Å². The van der Waals surface area contributed by atoms with Crippen molar-refractivity contribution in [3.63, 3.8) is 0 Å². The second-order valence-electron chi connectivity index (χ2n) is 4.34. The van der Waals surface area contributed by atoms with Crippen LogP contribution in [0.2, 0.25) is 0 Å². The van der Waals surface area contributed by atoms with E-state index in [0.29, 0.717) is 5.56 Å². The van der Waals surface area contributed by atoms with Crippen molar-refractivity contribution in [2.45, 2.75) is 18.4 Å². The number of halogens is 1. The van der Waals surface area contributed by atoms with Crippen LogP contribution in [0.1, 0.15) is 21.5 Å². The van der Waals surface area contributed by atoms with Crippen LogP contribution in [0.5, 0.6) is 0 Å². The maximum absolute atomic E-state index is 13.6. The highest BCUT2D eigenvalue weighted by atomic mass is 32.2. The molecule has 0 saturated carbocycles. The summed E-state index contributed by atoms with van der Waals surface area (Å²) >= 11 is 0. The van der Waals surface area contributed by atoms with Crippen LogP contribution in [-0.2, 0) is 16.6 Å². The van der Waals surface area contributed by atoms with Gasteiger partial charge in [-0.2, -0.15) is 5.10 Å². The lowest BCUT2D eigenvalue weighted by Crippen LogP contribution is -2.23. The van der Waals surface area contributed by atoms with Gasteiger partial charge in [-0.15, -0.1) is 0 Å². The third kappa shape index (κ3) is 3.26. The fourth-order valence-corrected chi connectivity index (χ4v) is 2.81. The van der Waals surface area contributed by atoms with Crippen LogP contribution in [0.3, 0.4) is 0 Å². The zero-order valence-corrected chi connectivity index (χ0v) is 11.7. The van der Waals surface area contributed by atoms with Crippen molar-refractivity contribution < 1.29 is 22.7 Å². The van der Waals surface area contributed by atoms with Gasteiger partial charge in [-0.05, 0) is 24.6 Å². The van der Waals surface area contributed by atoms with E-state index in [9.17, 15) is 17.6 Å². The third-order valence-electron chi connectivity index (χ3n) is 2.79. The molecule has 1 aromatic heterocycles. The van der Waals surface area contributed by atoms with Gasteiger partial charge in [-0.25, -0.2) is 22.3 Å². The molecule has 0 fully saturated rings. The number of aromatic amines is 1. The van der Waals surface area contributed by atoms with E-state index in [1.54, 1.807) is 0 Å². The van der Waals surface area contributed by atoms with Crippen LogP contribution < -0.4 is 4.72 Å². The second-order valence-corrected chi connectivity index (χ2v) is 6.10. The lowest BCUT2D eigenvalue weighted by atomic mass is 10.1. The number of nitrogens with one attached hydrogen (secondary N) is 2. The molecule has 0 radical (unpaired) electrons. The number of carbonyl (C=O) groups is 1. The highest BCUT2D eigenvalue weighted by molar-refractivity contribution is 7.89. The van der Waals surface area contributed by atoms with Gasteiger partial charge in [0.25, 0.3) is 0 Å². The van der Waals surface area contributed by atoms with Gasteiger partial charge in [0.15, 0.2) is 0 Å². The molecule has 7 nitrogen and oxygen atoms in total. The van der Waals surface area contributed by atoms with Gasteiger partial charge in [0.1, 0.15) is 5.82 Å². The number of hydrogen-bond donors (Lipinski definition) is 3. The smallest absolute Gasteiger partial charge is 0.338 e. The van der Waals surface area contributed by atoms with E-state index in [-0.39, 0.29) is 17.0 Å². The molecule has 0 saturated heterocycles. The van der Waals surface area contributed by atoms with Gasteiger partial charge >= 0.3 is 5.97 Å². The average molecular weight is 313 g/mol. The van der Waals surface area contributed by atoms with E-state index in [2.05, 4.69) is 14.9 Å². The lowest BCUT2D eigenvalue weighted by molar-refractivity contribution is 0.0691. The fraction of sp³-hybridized carbons (Fsp3) is 0.167. The predicted octanol–water partition coefficient (Wildman–Crippen LogP) is 1.03. The van der Waals surface area contributed by atoms with Gasteiger partial charge in [0.2, 0.25) is 10.0 Å². The Morgan fingerprint density at radius 1 is 1.48 bits per heavy atom. The first kappa shape index (κ1) is 15.1. The van der Waals surface area contributed by atoms with E-state index >= 15 is 0 Å². The Balaban J connectivity index is 2.33. The summed E-state index contributed by atoms with van der Waals surface area (Å²) in [6, 6.07) is 1.88. The number of carboxylic acid groups (broad SMARTS) is 1. The highest BCUT2D eigenvalue weighted by Gasteiger charge is 2.21. The topological polar surface area (TPSA) is 112 Å². The average Bonchev–Trinajstić information content (AvgIpc) is 2.92.